The fourth-order valence-corrected chi connectivity index (χ4v) is 2.94. The van der Waals surface area contributed by atoms with Gasteiger partial charge in [0.2, 0.25) is 5.91 Å². The number of carbonyl (C=O) groups is 1. The van der Waals surface area contributed by atoms with Crippen molar-refractivity contribution in [2.24, 2.45) is 11.1 Å². The van der Waals surface area contributed by atoms with Crippen LogP contribution in [0.15, 0.2) is 30.3 Å². The van der Waals surface area contributed by atoms with Crippen LogP contribution in [0.2, 0.25) is 0 Å². The molecule has 0 spiro atoms. The molecule has 5 nitrogen and oxygen atoms in total. The first-order valence-corrected chi connectivity index (χ1v) is 7.86. The molecule has 0 saturated carbocycles. The fourth-order valence-electron chi connectivity index (χ4n) is 2.94. The molecule has 1 heterocycles. The van der Waals surface area contributed by atoms with Crippen molar-refractivity contribution in [2.45, 2.75) is 18.9 Å². The van der Waals surface area contributed by atoms with Crippen molar-refractivity contribution in [2.75, 3.05) is 40.4 Å². The average molecular weight is 305 g/mol. The first-order chi connectivity index (χ1) is 10.6. The average Bonchev–Trinajstić information content (AvgIpc) is 2.56. The molecule has 3 N–H and O–H groups in total. The van der Waals surface area contributed by atoms with Gasteiger partial charge < -0.3 is 20.7 Å². The van der Waals surface area contributed by atoms with Gasteiger partial charge in [0.05, 0.1) is 11.5 Å². The van der Waals surface area contributed by atoms with Gasteiger partial charge in [0.15, 0.2) is 0 Å². The standard InChI is InChI=1S/C17H27N3O2/c1-20(2)15(14-6-4-3-5-7-14)12-19-16(21)17(13-18)8-10-22-11-9-17/h3-7,15H,8-13,18H2,1-2H3,(H,19,21). The van der Waals surface area contributed by atoms with Crippen LogP contribution in [0.4, 0.5) is 0 Å². The van der Waals surface area contributed by atoms with Gasteiger partial charge in [-0.3, -0.25) is 4.79 Å². The van der Waals surface area contributed by atoms with Gasteiger partial charge in [-0.2, -0.15) is 0 Å². The second kappa shape index (κ2) is 7.72. The van der Waals surface area contributed by atoms with Crippen LogP contribution in [0.1, 0.15) is 24.4 Å². The Morgan fingerprint density at radius 3 is 2.50 bits per heavy atom. The van der Waals surface area contributed by atoms with Gasteiger partial charge in [0.1, 0.15) is 0 Å². The van der Waals surface area contributed by atoms with Crippen LogP contribution in [-0.4, -0.2) is 51.2 Å². The van der Waals surface area contributed by atoms with Crippen molar-refractivity contribution >= 4 is 5.91 Å². The van der Waals surface area contributed by atoms with E-state index in [0.717, 1.165) is 0 Å². The summed E-state index contributed by atoms with van der Waals surface area (Å²) in [6.45, 7) is 2.18. The fraction of sp³-hybridized carbons (Fsp3) is 0.588. The third-order valence-corrected chi connectivity index (χ3v) is 4.59. The molecule has 1 aliphatic rings. The first-order valence-electron chi connectivity index (χ1n) is 7.86. The van der Waals surface area contributed by atoms with Crippen molar-refractivity contribution < 1.29 is 9.53 Å². The van der Waals surface area contributed by atoms with Gasteiger partial charge in [-0.15, -0.1) is 0 Å². The second-order valence-corrected chi connectivity index (χ2v) is 6.20. The molecule has 1 aromatic rings. The van der Waals surface area contributed by atoms with Crippen molar-refractivity contribution in [3.05, 3.63) is 35.9 Å². The molecule has 1 amide bonds. The zero-order valence-corrected chi connectivity index (χ0v) is 13.5. The number of likely N-dealkylation sites (N-methyl/N-ethyl adjacent to an activating group) is 1. The van der Waals surface area contributed by atoms with Crippen LogP contribution in [0, 0.1) is 5.41 Å². The van der Waals surface area contributed by atoms with E-state index in [1.54, 1.807) is 0 Å². The van der Waals surface area contributed by atoms with Gasteiger partial charge in [0.25, 0.3) is 0 Å². The number of carbonyl (C=O) groups excluding carboxylic acids is 1. The van der Waals surface area contributed by atoms with E-state index in [1.807, 2.05) is 32.3 Å². The lowest BCUT2D eigenvalue weighted by Gasteiger charge is -2.35. The molecule has 1 unspecified atom stereocenters. The molecule has 2 rings (SSSR count). The maximum Gasteiger partial charge on any atom is 0.227 e. The predicted octanol–water partition coefficient (Wildman–Crippen LogP) is 1.16. The third kappa shape index (κ3) is 3.85. The maximum atomic E-state index is 12.6. The minimum absolute atomic E-state index is 0.0566. The van der Waals surface area contributed by atoms with Crippen molar-refractivity contribution in [3.8, 4) is 0 Å². The number of rotatable bonds is 6. The number of nitrogens with one attached hydrogen (secondary N) is 1. The summed E-state index contributed by atoms with van der Waals surface area (Å²) >= 11 is 0. The summed E-state index contributed by atoms with van der Waals surface area (Å²) < 4.78 is 5.37. The largest absolute Gasteiger partial charge is 0.381 e. The lowest BCUT2D eigenvalue weighted by molar-refractivity contribution is -0.136. The lowest BCUT2D eigenvalue weighted by Crippen LogP contribution is -2.50. The molecule has 0 bridgehead atoms. The molecule has 1 aromatic carbocycles. The third-order valence-electron chi connectivity index (χ3n) is 4.59. The normalized spacial score (nSPS) is 18.9. The summed E-state index contributed by atoms with van der Waals surface area (Å²) in [6, 6.07) is 10.4. The van der Waals surface area contributed by atoms with Crippen molar-refractivity contribution in [1.82, 2.24) is 10.2 Å². The van der Waals surface area contributed by atoms with E-state index in [1.165, 1.54) is 5.56 Å². The number of ether oxygens (including phenoxy) is 1. The summed E-state index contributed by atoms with van der Waals surface area (Å²) in [5.41, 5.74) is 6.62. The zero-order valence-electron chi connectivity index (χ0n) is 13.5. The van der Waals surface area contributed by atoms with Crippen molar-refractivity contribution in [3.63, 3.8) is 0 Å². The second-order valence-electron chi connectivity index (χ2n) is 6.20. The Bertz CT molecular complexity index is 470. The number of hydrogen-bond acceptors (Lipinski definition) is 4. The highest BCUT2D eigenvalue weighted by atomic mass is 16.5. The van der Waals surface area contributed by atoms with Gasteiger partial charge in [-0.25, -0.2) is 0 Å². The number of benzene rings is 1. The SMILES string of the molecule is CN(C)C(CNC(=O)C1(CN)CCOCC1)c1ccccc1. The van der Waals surface area contributed by atoms with Gasteiger partial charge >= 0.3 is 0 Å². The molecule has 0 aliphatic carbocycles. The summed E-state index contributed by atoms with van der Waals surface area (Å²) in [5, 5.41) is 3.11. The van der Waals surface area contributed by atoms with Crippen LogP contribution >= 0.6 is 0 Å². The topological polar surface area (TPSA) is 67.6 Å². The predicted molar refractivity (Wildman–Crippen MR) is 87.4 cm³/mol. The number of hydrogen-bond donors (Lipinski definition) is 2. The van der Waals surface area contributed by atoms with Crippen LogP contribution in [-0.2, 0) is 9.53 Å². The first kappa shape index (κ1) is 16.9. The zero-order chi connectivity index (χ0) is 16.0. The Hall–Kier alpha value is -1.43. The Balaban J connectivity index is 2.01. The summed E-state index contributed by atoms with van der Waals surface area (Å²) in [7, 11) is 4.05. The molecule has 1 aliphatic heterocycles. The molecule has 5 heteroatoms. The Morgan fingerprint density at radius 2 is 1.95 bits per heavy atom. The molecule has 1 fully saturated rings. The summed E-state index contributed by atoms with van der Waals surface area (Å²) in [6.07, 6.45) is 1.40. The minimum atomic E-state index is -0.466. The Kier molecular flexibility index (Phi) is 5.94. The number of amides is 1. The van der Waals surface area contributed by atoms with Gasteiger partial charge in [-0.05, 0) is 32.5 Å². The minimum Gasteiger partial charge on any atom is -0.381 e. The number of nitrogens with two attached hydrogens (primary N) is 1. The summed E-state index contributed by atoms with van der Waals surface area (Å²) in [5.74, 6) is 0.0566. The lowest BCUT2D eigenvalue weighted by atomic mass is 9.79. The molecule has 0 aromatic heterocycles. The van der Waals surface area contributed by atoms with E-state index in [4.69, 9.17) is 10.5 Å². The Morgan fingerprint density at radius 1 is 1.32 bits per heavy atom. The van der Waals surface area contributed by atoms with Gasteiger partial charge in [0, 0.05) is 26.3 Å². The molecular weight excluding hydrogens is 278 g/mol. The Labute approximate surface area is 132 Å². The highest BCUT2D eigenvalue weighted by Gasteiger charge is 2.38. The molecular formula is C17H27N3O2. The highest BCUT2D eigenvalue weighted by molar-refractivity contribution is 5.83. The van der Waals surface area contributed by atoms with E-state index in [9.17, 15) is 4.79 Å². The van der Waals surface area contributed by atoms with Crippen LogP contribution in [0.3, 0.4) is 0 Å². The van der Waals surface area contributed by atoms with Crippen LogP contribution in [0.25, 0.3) is 0 Å². The molecule has 1 saturated heterocycles. The molecule has 1 atom stereocenters. The van der Waals surface area contributed by atoms with E-state index in [2.05, 4.69) is 22.3 Å². The van der Waals surface area contributed by atoms with E-state index in [0.29, 0.717) is 39.1 Å². The van der Waals surface area contributed by atoms with Crippen molar-refractivity contribution in [1.29, 1.82) is 0 Å². The summed E-state index contributed by atoms with van der Waals surface area (Å²) in [4.78, 5) is 14.8. The molecule has 22 heavy (non-hydrogen) atoms. The highest BCUT2D eigenvalue weighted by Crippen LogP contribution is 2.29. The van der Waals surface area contributed by atoms with E-state index >= 15 is 0 Å². The molecule has 122 valence electrons. The molecule has 0 radical (unpaired) electrons. The maximum absolute atomic E-state index is 12.6. The van der Waals surface area contributed by atoms with E-state index < -0.39 is 5.41 Å². The van der Waals surface area contributed by atoms with Crippen LogP contribution < -0.4 is 11.1 Å². The van der Waals surface area contributed by atoms with E-state index in [-0.39, 0.29) is 11.9 Å². The van der Waals surface area contributed by atoms with Gasteiger partial charge in [-0.1, -0.05) is 30.3 Å². The number of nitrogens with zero attached hydrogens (tertiary/aromatic N) is 1. The smallest absolute Gasteiger partial charge is 0.227 e. The van der Waals surface area contributed by atoms with Crippen LogP contribution in [0.5, 0.6) is 0 Å². The monoisotopic (exact) mass is 305 g/mol. The quantitative estimate of drug-likeness (QED) is 0.827.